The van der Waals surface area contributed by atoms with Crippen LogP contribution < -0.4 is 16.4 Å². The van der Waals surface area contributed by atoms with E-state index in [-0.39, 0.29) is 18.3 Å². The zero-order valence-corrected chi connectivity index (χ0v) is 14.2. The molecule has 1 aliphatic carbocycles. The first-order valence-corrected chi connectivity index (χ1v) is 8.57. The second kappa shape index (κ2) is 5.19. The first kappa shape index (κ1) is 16.4. The number of carbonyl (C=O) groups excluding carboxylic acids is 2. The van der Waals surface area contributed by atoms with E-state index < -0.39 is 29.1 Å². The van der Waals surface area contributed by atoms with Gasteiger partial charge < -0.3 is 26.2 Å². The second-order valence-electron chi connectivity index (χ2n) is 7.95. The summed E-state index contributed by atoms with van der Waals surface area (Å²) in [4.78, 5) is 24.4. The zero-order chi connectivity index (χ0) is 17.9. The number of para-hydroxylation sites is 1. The number of carbonyl (C=O) groups is 2. The molecule has 5 N–H and O–H groups in total. The summed E-state index contributed by atoms with van der Waals surface area (Å²) in [6, 6.07) is 7.61. The SMILES string of the molecule is CC1(O)CC(OC(=O)C2CC3(CNc4ccccc43)CN2)(C(N)=O)C1. The van der Waals surface area contributed by atoms with Gasteiger partial charge in [-0.1, -0.05) is 18.2 Å². The number of nitrogens with two attached hydrogens (primary N) is 1. The minimum absolute atomic E-state index is 0.0450. The van der Waals surface area contributed by atoms with Gasteiger partial charge in [-0.2, -0.15) is 0 Å². The van der Waals surface area contributed by atoms with Gasteiger partial charge in [-0.3, -0.25) is 9.59 Å². The number of amides is 1. The fraction of sp³-hybridized carbons (Fsp3) is 0.556. The van der Waals surface area contributed by atoms with Crippen LogP contribution in [-0.2, 0) is 19.7 Å². The number of nitrogens with one attached hydrogen (secondary N) is 2. The van der Waals surface area contributed by atoms with Gasteiger partial charge in [0, 0.05) is 37.0 Å². The first-order chi connectivity index (χ1) is 11.8. The molecule has 2 unspecified atom stereocenters. The molecule has 7 heteroatoms. The van der Waals surface area contributed by atoms with Crippen molar-refractivity contribution in [2.45, 2.75) is 48.8 Å². The standard InChI is InChI=1S/C18H23N3O4/c1-16(24)7-18(8-16,15(19)23)25-14(22)13-6-17(10-21-13)9-20-12-5-3-2-4-11(12)17/h2-5,13,20-21,24H,6-10H2,1H3,(H2,19,23). The lowest BCUT2D eigenvalue weighted by atomic mass is 9.67. The molecule has 1 saturated carbocycles. The molecule has 1 spiro atoms. The number of primary amides is 1. The highest BCUT2D eigenvalue weighted by atomic mass is 16.6. The van der Waals surface area contributed by atoms with Crippen molar-refractivity contribution in [2.24, 2.45) is 5.73 Å². The maximum absolute atomic E-state index is 12.6. The average Bonchev–Trinajstić information content (AvgIpc) is 3.11. The molecule has 134 valence electrons. The minimum atomic E-state index is -1.39. The highest BCUT2D eigenvalue weighted by Gasteiger charge is 2.59. The van der Waals surface area contributed by atoms with Crippen LogP contribution in [0.4, 0.5) is 5.69 Å². The predicted octanol–water partition coefficient (Wildman–Crippen LogP) is 0.0239. The van der Waals surface area contributed by atoms with Crippen LogP contribution in [0.5, 0.6) is 0 Å². The van der Waals surface area contributed by atoms with Crippen molar-refractivity contribution in [1.82, 2.24) is 5.32 Å². The van der Waals surface area contributed by atoms with Gasteiger partial charge in [0.1, 0.15) is 6.04 Å². The third-order valence-electron chi connectivity index (χ3n) is 5.76. The Morgan fingerprint density at radius 3 is 2.68 bits per heavy atom. The summed E-state index contributed by atoms with van der Waals surface area (Å²) in [6.45, 7) is 3.03. The molecule has 2 heterocycles. The van der Waals surface area contributed by atoms with Crippen LogP contribution in [0.1, 0.15) is 31.7 Å². The number of esters is 1. The number of rotatable bonds is 3. The summed E-state index contributed by atoms with van der Waals surface area (Å²) >= 11 is 0. The number of benzene rings is 1. The Hall–Kier alpha value is -2.12. The van der Waals surface area contributed by atoms with Gasteiger partial charge in [-0.15, -0.1) is 0 Å². The number of anilines is 1. The van der Waals surface area contributed by atoms with Gasteiger partial charge in [0.25, 0.3) is 5.91 Å². The topological polar surface area (TPSA) is 114 Å². The van der Waals surface area contributed by atoms with E-state index in [1.807, 2.05) is 18.2 Å². The Morgan fingerprint density at radius 2 is 2.00 bits per heavy atom. The first-order valence-electron chi connectivity index (χ1n) is 8.57. The lowest BCUT2D eigenvalue weighted by molar-refractivity contribution is -0.208. The molecule has 1 aromatic carbocycles. The van der Waals surface area contributed by atoms with Crippen molar-refractivity contribution >= 4 is 17.6 Å². The summed E-state index contributed by atoms with van der Waals surface area (Å²) in [7, 11) is 0. The van der Waals surface area contributed by atoms with E-state index in [1.165, 1.54) is 5.56 Å². The minimum Gasteiger partial charge on any atom is -0.448 e. The number of hydrogen-bond acceptors (Lipinski definition) is 6. The fourth-order valence-electron chi connectivity index (χ4n) is 4.56. The molecule has 2 fully saturated rings. The normalized spacial score (nSPS) is 38.7. The molecule has 1 saturated heterocycles. The van der Waals surface area contributed by atoms with E-state index in [2.05, 4.69) is 16.7 Å². The molecule has 2 atom stereocenters. The quantitative estimate of drug-likeness (QED) is 0.575. The van der Waals surface area contributed by atoms with Crippen molar-refractivity contribution in [3.8, 4) is 0 Å². The van der Waals surface area contributed by atoms with Gasteiger partial charge in [0.15, 0.2) is 5.60 Å². The van der Waals surface area contributed by atoms with E-state index in [0.29, 0.717) is 13.0 Å². The number of fused-ring (bicyclic) bond motifs is 2. The largest absolute Gasteiger partial charge is 0.448 e. The maximum atomic E-state index is 12.6. The summed E-state index contributed by atoms with van der Waals surface area (Å²) in [5, 5.41) is 16.6. The van der Waals surface area contributed by atoms with Crippen molar-refractivity contribution in [1.29, 1.82) is 0 Å². The van der Waals surface area contributed by atoms with E-state index in [9.17, 15) is 14.7 Å². The summed E-state index contributed by atoms with van der Waals surface area (Å²) < 4.78 is 5.49. The lowest BCUT2D eigenvalue weighted by Crippen LogP contribution is -2.64. The van der Waals surface area contributed by atoms with Crippen LogP contribution in [-0.4, -0.2) is 47.3 Å². The summed E-state index contributed by atoms with van der Waals surface area (Å²) in [5.41, 5.74) is 5.17. The van der Waals surface area contributed by atoms with E-state index in [4.69, 9.17) is 10.5 Å². The molecule has 0 bridgehead atoms. The summed E-state index contributed by atoms with van der Waals surface area (Å²) in [6.07, 6.45) is 0.688. The van der Waals surface area contributed by atoms with E-state index >= 15 is 0 Å². The Bertz CT molecular complexity index is 740. The molecule has 0 radical (unpaired) electrons. The molecular formula is C18H23N3O4. The van der Waals surface area contributed by atoms with Crippen LogP contribution >= 0.6 is 0 Å². The number of hydrogen-bond donors (Lipinski definition) is 4. The Labute approximate surface area is 145 Å². The lowest BCUT2D eigenvalue weighted by Gasteiger charge is -2.48. The van der Waals surface area contributed by atoms with Crippen molar-refractivity contribution < 1.29 is 19.4 Å². The Balaban J connectivity index is 1.48. The number of aliphatic hydroxyl groups is 1. The second-order valence-corrected chi connectivity index (χ2v) is 7.95. The Kier molecular flexibility index (Phi) is 3.39. The van der Waals surface area contributed by atoms with Crippen LogP contribution in [0.25, 0.3) is 0 Å². The van der Waals surface area contributed by atoms with Crippen molar-refractivity contribution in [3.63, 3.8) is 0 Å². The molecule has 4 rings (SSSR count). The molecule has 0 aromatic heterocycles. The maximum Gasteiger partial charge on any atom is 0.324 e. The molecule has 7 nitrogen and oxygen atoms in total. The molecular weight excluding hydrogens is 322 g/mol. The smallest absolute Gasteiger partial charge is 0.324 e. The molecule has 1 amide bonds. The monoisotopic (exact) mass is 345 g/mol. The number of ether oxygens (including phenoxy) is 1. The van der Waals surface area contributed by atoms with Crippen LogP contribution in [0.2, 0.25) is 0 Å². The van der Waals surface area contributed by atoms with E-state index in [1.54, 1.807) is 6.92 Å². The van der Waals surface area contributed by atoms with Crippen molar-refractivity contribution in [3.05, 3.63) is 29.8 Å². The third kappa shape index (κ3) is 2.49. The predicted molar refractivity (Wildman–Crippen MR) is 90.9 cm³/mol. The Morgan fingerprint density at radius 1 is 1.28 bits per heavy atom. The molecule has 25 heavy (non-hydrogen) atoms. The van der Waals surface area contributed by atoms with Gasteiger partial charge in [0.2, 0.25) is 0 Å². The van der Waals surface area contributed by atoms with Crippen LogP contribution in [0.15, 0.2) is 24.3 Å². The van der Waals surface area contributed by atoms with Gasteiger partial charge >= 0.3 is 5.97 Å². The highest BCUT2D eigenvalue weighted by molar-refractivity contribution is 5.89. The highest BCUT2D eigenvalue weighted by Crippen LogP contribution is 2.46. The molecule has 3 aliphatic rings. The molecule has 1 aromatic rings. The van der Waals surface area contributed by atoms with Gasteiger partial charge in [0.05, 0.1) is 5.60 Å². The van der Waals surface area contributed by atoms with Crippen LogP contribution in [0, 0.1) is 0 Å². The van der Waals surface area contributed by atoms with Crippen LogP contribution in [0.3, 0.4) is 0 Å². The van der Waals surface area contributed by atoms with Crippen molar-refractivity contribution in [2.75, 3.05) is 18.4 Å². The van der Waals surface area contributed by atoms with Gasteiger partial charge in [-0.25, -0.2) is 0 Å². The average molecular weight is 345 g/mol. The molecule has 2 aliphatic heterocycles. The van der Waals surface area contributed by atoms with Gasteiger partial charge in [-0.05, 0) is 25.0 Å². The third-order valence-corrected chi connectivity index (χ3v) is 5.76. The summed E-state index contributed by atoms with van der Waals surface area (Å²) in [5.74, 6) is -1.18. The van der Waals surface area contributed by atoms with E-state index in [0.717, 1.165) is 12.2 Å². The zero-order valence-electron chi connectivity index (χ0n) is 14.2. The fourth-order valence-corrected chi connectivity index (χ4v) is 4.56.